The van der Waals surface area contributed by atoms with E-state index in [-0.39, 0.29) is 11.9 Å². The summed E-state index contributed by atoms with van der Waals surface area (Å²) >= 11 is 0. The summed E-state index contributed by atoms with van der Waals surface area (Å²) in [7, 11) is 0. The van der Waals surface area contributed by atoms with E-state index >= 15 is 0 Å². The van der Waals surface area contributed by atoms with Crippen molar-refractivity contribution in [2.45, 2.75) is 57.5 Å². The van der Waals surface area contributed by atoms with Gasteiger partial charge in [-0.05, 0) is 26.7 Å². The average molecular weight is 268 g/mol. The molecule has 1 unspecified atom stereocenters. The maximum absolute atomic E-state index is 12.6. The van der Waals surface area contributed by atoms with Gasteiger partial charge >= 0.3 is 5.97 Å². The standard InChI is InChI=1S/C14H24N2O3/c1-14(2)13(19)16(11-6-4-3-5-7-11)9-10(8-15-14)12(17)18/h10-11,15H,3-9H2,1-2H3,(H,17,18). The van der Waals surface area contributed by atoms with Crippen LogP contribution in [-0.4, -0.2) is 46.6 Å². The van der Waals surface area contributed by atoms with Crippen molar-refractivity contribution < 1.29 is 14.7 Å². The molecule has 2 fully saturated rings. The number of amides is 1. The van der Waals surface area contributed by atoms with Gasteiger partial charge < -0.3 is 15.3 Å². The number of hydrogen-bond donors (Lipinski definition) is 2. The van der Waals surface area contributed by atoms with Gasteiger partial charge in [-0.1, -0.05) is 19.3 Å². The number of nitrogens with zero attached hydrogens (tertiary/aromatic N) is 1. The second-order valence-electron chi connectivity index (χ2n) is 6.29. The minimum Gasteiger partial charge on any atom is -0.481 e. The maximum atomic E-state index is 12.6. The van der Waals surface area contributed by atoms with Gasteiger partial charge in [-0.25, -0.2) is 0 Å². The van der Waals surface area contributed by atoms with Crippen molar-refractivity contribution in [3.05, 3.63) is 0 Å². The lowest BCUT2D eigenvalue weighted by Crippen LogP contribution is -2.54. The molecule has 5 heteroatoms. The van der Waals surface area contributed by atoms with Gasteiger partial charge in [0, 0.05) is 19.1 Å². The Morgan fingerprint density at radius 2 is 1.95 bits per heavy atom. The molecule has 2 N–H and O–H groups in total. The average Bonchev–Trinajstić information content (AvgIpc) is 2.49. The van der Waals surface area contributed by atoms with E-state index in [1.807, 2.05) is 18.7 Å². The van der Waals surface area contributed by atoms with Gasteiger partial charge in [-0.15, -0.1) is 0 Å². The van der Waals surface area contributed by atoms with Gasteiger partial charge in [0.2, 0.25) is 5.91 Å². The zero-order valence-electron chi connectivity index (χ0n) is 11.8. The summed E-state index contributed by atoms with van der Waals surface area (Å²) in [6.45, 7) is 4.39. The topological polar surface area (TPSA) is 69.6 Å². The third kappa shape index (κ3) is 3.08. The lowest BCUT2D eigenvalue weighted by atomic mass is 9.92. The Kier molecular flexibility index (Phi) is 4.13. The number of aliphatic carboxylic acids is 1. The number of carbonyl (C=O) groups excluding carboxylic acids is 1. The fourth-order valence-electron chi connectivity index (χ4n) is 3.07. The molecule has 0 aromatic rings. The van der Waals surface area contributed by atoms with E-state index < -0.39 is 17.4 Å². The molecule has 0 spiro atoms. The smallest absolute Gasteiger partial charge is 0.309 e. The summed E-state index contributed by atoms with van der Waals surface area (Å²) in [4.78, 5) is 25.7. The Bertz CT molecular complexity index is 362. The van der Waals surface area contributed by atoms with Gasteiger partial charge in [0.25, 0.3) is 0 Å². The molecular formula is C14H24N2O3. The molecule has 1 saturated heterocycles. The number of carboxylic acid groups (broad SMARTS) is 1. The van der Waals surface area contributed by atoms with E-state index in [9.17, 15) is 14.7 Å². The monoisotopic (exact) mass is 268 g/mol. The maximum Gasteiger partial charge on any atom is 0.309 e. The van der Waals surface area contributed by atoms with Gasteiger partial charge in [0.1, 0.15) is 0 Å². The van der Waals surface area contributed by atoms with Crippen molar-refractivity contribution in [1.82, 2.24) is 10.2 Å². The summed E-state index contributed by atoms with van der Waals surface area (Å²) < 4.78 is 0. The largest absolute Gasteiger partial charge is 0.481 e. The predicted octanol–water partition coefficient (Wildman–Crippen LogP) is 1.23. The highest BCUT2D eigenvalue weighted by Gasteiger charge is 2.41. The Hall–Kier alpha value is -1.10. The van der Waals surface area contributed by atoms with Crippen LogP contribution in [0.15, 0.2) is 0 Å². The second-order valence-corrected chi connectivity index (χ2v) is 6.29. The van der Waals surface area contributed by atoms with Crippen LogP contribution >= 0.6 is 0 Å². The van der Waals surface area contributed by atoms with Crippen LogP contribution < -0.4 is 5.32 Å². The van der Waals surface area contributed by atoms with Crippen molar-refractivity contribution in [3.8, 4) is 0 Å². The predicted molar refractivity (Wildman–Crippen MR) is 71.8 cm³/mol. The van der Waals surface area contributed by atoms with E-state index in [2.05, 4.69) is 5.32 Å². The van der Waals surface area contributed by atoms with Crippen LogP contribution in [0.1, 0.15) is 46.0 Å². The molecule has 5 nitrogen and oxygen atoms in total. The number of rotatable bonds is 2. The van der Waals surface area contributed by atoms with Crippen LogP contribution in [0.3, 0.4) is 0 Å². The first-order valence-corrected chi connectivity index (χ1v) is 7.21. The molecule has 0 aromatic carbocycles. The van der Waals surface area contributed by atoms with E-state index in [1.165, 1.54) is 6.42 Å². The Labute approximate surface area is 114 Å². The highest BCUT2D eigenvalue weighted by atomic mass is 16.4. The van der Waals surface area contributed by atoms with Crippen LogP contribution in [0, 0.1) is 5.92 Å². The second kappa shape index (κ2) is 5.49. The molecule has 1 heterocycles. The van der Waals surface area contributed by atoms with Crippen LogP contribution in [0.5, 0.6) is 0 Å². The van der Waals surface area contributed by atoms with E-state index in [0.29, 0.717) is 13.1 Å². The molecular weight excluding hydrogens is 244 g/mol. The van der Waals surface area contributed by atoms with Crippen molar-refractivity contribution in [1.29, 1.82) is 0 Å². The van der Waals surface area contributed by atoms with Crippen LogP contribution in [0.25, 0.3) is 0 Å². The molecule has 1 aliphatic heterocycles. The van der Waals surface area contributed by atoms with Crippen molar-refractivity contribution in [2.24, 2.45) is 5.92 Å². The van der Waals surface area contributed by atoms with Crippen LogP contribution in [-0.2, 0) is 9.59 Å². The first-order chi connectivity index (χ1) is 8.92. The number of carbonyl (C=O) groups is 2. The molecule has 1 amide bonds. The third-order valence-corrected chi connectivity index (χ3v) is 4.37. The first-order valence-electron chi connectivity index (χ1n) is 7.21. The zero-order chi connectivity index (χ0) is 14.0. The normalized spacial score (nSPS) is 29.1. The molecule has 1 saturated carbocycles. The third-order valence-electron chi connectivity index (χ3n) is 4.37. The van der Waals surface area contributed by atoms with Gasteiger partial charge in [-0.3, -0.25) is 9.59 Å². The first kappa shape index (κ1) is 14.3. The van der Waals surface area contributed by atoms with Crippen molar-refractivity contribution in [3.63, 3.8) is 0 Å². The Morgan fingerprint density at radius 1 is 1.32 bits per heavy atom. The molecule has 1 aliphatic carbocycles. The quantitative estimate of drug-likeness (QED) is 0.790. The zero-order valence-corrected chi connectivity index (χ0v) is 11.8. The highest BCUT2D eigenvalue weighted by Crippen LogP contribution is 2.27. The lowest BCUT2D eigenvalue weighted by Gasteiger charge is -2.37. The molecule has 19 heavy (non-hydrogen) atoms. The van der Waals surface area contributed by atoms with Gasteiger partial charge in [-0.2, -0.15) is 0 Å². The molecule has 0 radical (unpaired) electrons. The van der Waals surface area contributed by atoms with Gasteiger partial charge in [0.15, 0.2) is 0 Å². The van der Waals surface area contributed by atoms with Crippen molar-refractivity contribution >= 4 is 11.9 Å². The molecule has 0 bridgehead atoms. The fourth-order valence-corrected chi connectivity index (χ4v) is 3.07. The Balaban J connectivity index is 2.20. The molecule has 2 aliphatic rings. The number of nitrogens with one attached hydrogen (secondary N) is 1. The highest BCUT2D eigenvalue weighted by molar-refractivity contribution is 5.87. The Morgan fingerprint density at radius 3 is 2.53 bits per heavy atom. The summed E-state index contributed by atoms with van der Waals surface area (Å²) in [5, 5.41) is 12.4. The van der Waals surface area contributed by atoms with E-state index in [4.69, 9.17) is 0 Å². The minimum absolute atomic E-state index is 0.0446. The van der Waals surface area contributed by atoms with E-state index in [0.717, 1.165) is 25.7 Å². The summed E-state index contributed by atoms with van der Waals surface area (Å²) in [6, 6.07) is 0.224. The summed E-state index contributed by atoms with van der Waals surface area (Å²) in [5.41, 5.74) is -0.665. The van der Waals surface area contributed by atoms with Crippen molar-refractivity contribution in [2.75, 3.05) is 13.1 Å². The lowest BCUT2D eigenvalue weighted by molar-refractivity contribution is -0.144. The molecule has 1 atom stereocenters. The minimum atomic E-state index is -0.821. The number of hydrogen-bond acceptors (Lipinski definition) is 3. The van der Waals surface area contributed by atoms with Gasteiger partial charge in [0.05, 0.1) is 11.5 Å². The fraction of sp³-hybridized carbons (Fsp3) is 0.857. The number of carboxylic acids is 1. The molecule has 0 aromatic heterocycles. The summed E-state index contributed by atoms with van der Waals surface area (Å²) in [5.74, 6) is -1.28. The van der Waals surface area contributed by atoms with Crippen LogP contribution in [0.4, 0.5) is 0 Å². The SMILES string of the molecule is CC1(C)NCC(C(=O)O)CN(C2CCCCC2)C1=O. The summed E-state index contributed by atoms with van der Waals surface area (Å²) in [6.07, 6.45) is 5.52. The van der Waals surface area contributed by atoms with Crippen LogP contribution in [0.2, 0.25) is 0 Å². The molecule has 108 valence electrons. The molecule has 2 rings (SSSR count). The van der Waals surface area contributed by atoms with E-state index in [1.54, 1.807) is 0 Å².